The van der Waals surface area contributed by atoms with E-state index >= 15 is 0 Å². The maximum Gasteiger partial charge on any atom is 0.332 e. The van der Waals surface area contributed by atoms with Gasteiger partial charge in [0.1, 0.15) is 11.3 Å². The van der Waals surface area contributed by atoms with Crippen LogP contribution in [-0.4, -0.2) is 53.8 Å². The van der Waals surface area contributed by atoms with Crippen LogP contribution in [0.15, 0.2) is 48.9 Å². The molecule has 0 aliphatic rings. The van der Waals surface area contributed by atoms with Gasteiger partial charge in [-0.1, -0.05) is 18.9 Å². The van der Waals surface area contributed by atoms with Crippen molar-refractivity contribution in [2.75, 3.05) is 19.0 Å². The van der Waals surface area contributed by atoms with E-state index < -0.39 is 0 Å². The highest BCUT2D eigenvalue weighted by Gasteiger charge is 2.11. The summed E-state index contributed by atoms with van der Waals surface area (Å²) in [5, 5.41) is 17.0. The van der Waals surface area contributed by atoms with E-state index in [2.05, 4.69) is 38.2 Å². The minimum atomic E-state index is -0.377. The first kappa shape index (κ1) is 21.4. The molecule has 0 aliphatic carbocycles. The Morgan fingerprint density at radius 1 is 1.25 bits per heavy atom. The number of pyridine rings is 1. The number of nitrogens with zero attached hydrogens (tertiary/aromatic N) is 6. The van der Waals surface area contributed by atoms with Crippen molar-refractivity contribution < 1.29 is 14.6 Å². The highest BCUT2D eigenvalue weighted by molar-refractivity contribution is 7.78. The first-order valence-electron chi connectivity index (χ1n) is 9.76. The molecule has 0 spiro atoms. The fraction of sp³-hybridized carbons (Fsp3) is 0.190. The molecule has 4 rings (SSSR count). The molecule has 0 saturated heterocycles. The fourth-order valence-corrected chi connectivity index (χ4v) is 3.08. The van der Waals surface area contributed by atoms with Crippen molar-refractivity contribution in [2.24, 2.45) is 0 Å². The van der Waals surface area contributed by atoms with Crippen molar-refractivity contribution in [2.45, 2.75) is 13.5 Å². The largest absolute Gasteiger partial charge is 0.504 e. The number of anilines is 1. The summed E-state index contributed by atoms with van der Waals surface area (Å²) in [5.74, 6) is 0.851. The van der Waals surface area contributed by atoms with Gasteiger partial charge in [0.2, 0.25) is 0 Å². The predicted molar refractivity (Wildman–Crippen MR) is 123 cm³/mol. The molecule has 4 aromatic rings. The number of aromatic hydroxyl groups is 1. The van der Waals surface area contributed by atoms with E-state index in [0.29, 0.717) is 41.5 Å². The van der Waals surface area contributed by atoms with Crippen molar-refractivity contribution >= 4 is 35.8 Å². The molecule has 0 fully saturated rings. The summed E-state index contributed by atoms with van der Waals surface area (Å²) in [6, 6.07) is 8.23. The van der Waals surface area contributed by atoms with Crippen LogP contribution in [0.3, 0.4) is 0 Å². The summed E-state index contributed by atoms with van der Waals surface area (Å²) in [6.45, 7) is 2.73. The molecule has 3 aromatic heterocycles. The summed E-state index contributed by atoms with van der Waals surface area (Å²) < 4.78 is 8.05. The van der Waals surface area contributed by atoms with Gasteiger partial charge in [-0.25, -0.2) is 14.8 Å². The second kappa shape index (κ2) is 9.10. The number of nitrogens with one attached hydrogen (secondary N) is 1. The third kappa shape index (κ3) is 4.57. The molecule has 2 amide bonds. The minimum Gasteiger partial charge on any atom is -0.504 e. The van der Waals surface area contributed by atoms with Crippen molar-refractivity contribution in [3.63, 3.8) is 0 Å². The Balaban J connectivity index is 1.55. The average Bonchev–Trinajstić information content (AvgIpc) is 3.26. The van der Waals surface area contributed by atoms with E-state index in [1.165, 1.54) is 11.4 Å². The molecule has 0 unspecified atom stereocenters. The van der Waals surface area contributed by atoms with Gasteiger partial charge in [-0.3, -0.25) is 19.3 Å². The number of ether oxygens (including phenoxy) is 1. The molecule has 11 heteroatoms. The van der Waals surface area contributed by atoms with E-state index in [9.17, 15) is 9.90 Å². The molecule has 0 saturated carbocycles. The van der Waals surface area contributed by atoms with Crippen LogP contribution in [-0.2, 0) is 6.54 Å². The number of amides is 2. The van der Waals surface area contributed by atoms with E-state index in [4.69, 9.17) is 4.74 Å². The lowest BCUT2D eigenvalue weighted by atomic mass is 10.2. The lowest BCUT2D eigenvalue weighted by Crippen LogP contribution is -2.27. The highest BCUT2D eigenvalue weighted by Crippen LogP contribution is 2.27. The molecule has 0 aliphatic heterocycles. The second-order valence-electron chi connectivity index (χ2n) is 6.87. The van der Waals surface area contributed by atoms with Gasteiger partial charge in [-0.2, -0.15) is 5.10 Å². The van der Waals surface area contributed by atoms with Crippen LogP contribution in [0, 0.1) is 0 Å². The monoisotopic (exact) mass is 451 g/mol. The van der Waals surface area contributed by atoms with Gasteiger partial charge in [-0.05, 0) is 36.8 Å². The third-order valence-corrected chi connectivity index (χ3v) is 5.16. The molecule has 10 nitrogen and oxygen atoms in total. The minimum absolute atomic E-state index is 0.0757. The third-order valence-electron chi connectivity index (χ3n) is 4.69. The van der Waals surface area contributed by atoms with Crippen LogP contribution in [0.4, 0.5) is 10.6 Å². The number of hydrogen-bond donors (Lipinski definition) is 3. The fourth-order valence-electron chi connectivity index (χ4n) is 3.03. The molecule has 1 aromatic carbocycles. The molecule has 0 bridgehead atoms. The van der Waals surface area contributed by atoms with Gasteiger partial charge in [0, 0.05) is 18.3 Å². The number of phenols is 1. The van der Waals surface area contributed by atoms with Gasteiger partial charge < -0.3 is 9.84 Å². The highest BCUT2D eigenvalue weighted by atomic mass is 32.1. The Kier molecular flexibility index (Phi) is 6.08. The molecule has 0 radical (unpaired) electrons. The van der Waals surface area contributed by atoms with Crippen LogP contribution in [0.25, 0.3) is 22.4 Å². The lowest BCUT2D eigenvalue weighted by Gasteiger charge is -2.13. The Bertz CT molecular complexity index is 1280. The van der Waals surface area contributed by atoms with E-state index in [0.717, 1.165) is 11.1 Å². The van der Waals surface area contributed by atoms with E-state index in [-0.39, 0.29) is 11.8 Å². The second-order valence-corrected chi connectivity index (χ2v) is 7.36. The molecular weight excluding hydrogens is 430 g/mol. The SMILES string of the molecule is CCN(S)C(=O)Nc1ccc2ncc(-c3cnn(Cc4ccc(OC)c(O)c4)c3)nc2n1. The van der Waals surface area contributed by atoms with Gasteiger partial charge in [0.05, 0.1) is 31.7 Å². The summed E-state index contributed by atoms with van der Waals surface area (Å²) in [6.07, 6.45) is 5.17. The Morgan fingerprint density at radius 3 is 2.84 bits per heavy atom. The van der Waals surface area contributed by atoms with Gasteiger partial charge in [-0.15, -0.1) is 0 Å². The topological polar surface area (TPSA) is 118 Å². The maximum absolute atomic E-state index is 12.0. The number of benzene rings is 1. The van der Waals surface area contributed by atoms with Crippen molar-refractivity contribution in [3.05, 3.63) is 54.5 Å². The first-order valence-corrected chi connectivity index (χ1v) is 10.2. The number of phenolic OH excluding ortho intramolecular Hbond substituents is 1. The van der Waals surface area contributed by atoms with Gasteiger partial charge in [0.25, 0.3) is 0 Å². The summed E-state index contributed by atoms with van der Waals surface area (Å²) in [7, 11) is 1.51. The number of fused-ring (bicyclic) bond motifs is 1. The number of urea groups is 1. The average molecular weight is 452 g/mol. The number of carbonyl (C=O) groups is 1. The number of hydrogen-bond acceptors (Lipinski definition) is 8. The zero-order valence-corrected chi connectivity index (χ0v) is 18.3. The van der Waals surface area contributed by atoms with Crippen LogP contribution in [0.2, 0.25) is 0 Å². The van der Waals surface area contributed by atoms with Crippen LogP contribution >= 0.6 is 12.8 Å². The number of methoxy groups -OCH3 is 1. The lowest BCUT2D eigenvalue weighted by molar-refractivity contribution is 0.240. The summed E-state index contributed by atoms with van der Waals surface area (Å²) in [5.41, 5.74) is 3.24. The van der Waals surface area contributed by atoms with E-state index in [1.807, 2.05) is 19.2 Å². The van der Waals surface area contributed by atoms with E-state index in [1.54, 1.807) is 41.3 Å². The predicted octanol–water partition coefficient (Wildman–Crippen LogP) is 3.35. The number of carbonyl (C=O) groups excluding carboxylic acids is 1. The Hall–Kier alpha value is -3.86. The molecular formula is C21H21N7O3S. The van der Waals surface area contributed by atoms with Crippen LogP contribution < -0.4 is 10.1 Å². The smallest absolute Gasteiger partial charge is 0.332 e. The molecule has 0 atom stereocenters. The number of thiol groups is 1. The quantitative estimate of drug-likeness (QED) is 0.385. The van der Waals surface area contributed by atoms with Crippen molar-refractivity contribution in [1.82, 2.24) is 29.0 Å². The Morgan fingerprint density at radius 2 is 2.09 bits per heavy atom. The van der Waals surface area contributed by atoms with Crippen molar-refractivity contribution in [3.8, 4) is 22.8 Å². The molecule has 3 heterocycles. The molecule has 164 valence electrons. The van der Waals surface area contributed by atoms with Gasteiger partial charge >= 0.3 is 6.03 Å². The maximum atomic E-state index is 12.0. The Labute approximate surface area is 189 Å². The molecule has 2 N–H and O–H groups in total. The summed E-state index contributed by atoms with van der Waals surface area (Å²) in [4.78, 5) is 25.4. The normalized spacial score (nSPS) is 10.8. The van der Waals surface area contributed by atoms with Crippen LogP contribution in [0.5, 0.6) is 11.5 Å². The summed E-state index contributed by atoms with van der Waals surface area (Å²) >= 11 is 4.08. The van der Waals surface area contributed by atoms with Gasteiger partial charge in [0.15, 0.2) is 17.1 Å². The standard InChI is InChI=1S/C21H21N7O3S/c1-3-28(32)21(30)26-19-7-5-15-20(25-19)24-16(10-22-15)14-9-23-27(12-14)11-13-4-6-18(31-2)17(29)8-13/h4-10,12,29,32H,3,11H2,1-2H3,(H,24,25,26,30). The first-order chi connectivity index (χ1) is 15.5. The number of rotatable bonds is 6. The zero-order valence-electron chi connectivity index (χ0n) is 17.4. The van der Waals surface area contributed by atoms with Crippen molar-refractivity contribution in [1.29, 1.82) is 0 Å². The zero-order chi connectivity index (χ0) is 22.7. The molecule has 32 heavy (non-hydrogen) atoms. The van der Waals surface area contributed by atoms with Crippen LogP contribution in [0.1, 0.15) is 12.5 Å². The number of aromatic nitrogens is 5.